The normalized spacial score (nSPS) is 17.1. The zero-order valence-electron chi connectivity index (χ0n) is 5.21. The molecule has 0 unspecified atom stereocenters. The summed E-state index contributed by atoms with van der Waals surface area (Å²) in [6.45, 7) is 2.37. The molecule has 0 aliphatic carbocycles. The molecule has 50 valence electrons. The molecule has 0 bridgehead atoms. The topological polar surface area (TPSA) is 32.3 Å². The summed E-state index contributed by atoms with van der Waals surface area (Å²) in [4.78, 5) is 11.9. The quantitative estimate of drug-likeness (QED) is 0.509. The van der Waals surface area contributed by atoms with Crippen molar-refractivity contribution in [2.24, 2.45) is 0 Å². The molecule has 0 spiro atoms. The molecule has 0 aromatic carbocycles. The average Bonchev–Trinajstić information content (AvgIpc) is 1.91. The van der Waals surface area contributed by atoms with Gasteiger partial charge in [0.1, 0.15) is 6.29 Å². The number of carbonyl (C=O) groups excluding carboxylic acids is 1. The Morgan fingerprint density at radius 3 is 3.22 bits per heavy atom. The summed E-state index contributed by atoms with van der Waals surface area (Å²) in [5.74, 6) is 0. The van der Waals surface area contributed by atoms with Crippen molar-refractivity contribution in [2.45, 2.75) is 0 Å². The zero-order chi connectivity index (χ0) is 6.53. The molecule has 1 aliphatic rings. The van der Waals surface area contributed by atoms with Gasteiger partial charge in [-0.3, -0.25) is 0 Å². The minimum Gasteiger partial charge on any atom is -0.388 e. The lowest BCUT2D eigenvalue weighted by Crippen LogP contribution is -2.32. The number of hydrogen-bond donors (Lipinski definition) is 1. The van der Waals surface area contributed by atoms with Crippen LogP contribution in [0.3, 0.4) is 0 Å². The molecule has 1 aliphatic heterocycles. The average molecular weight is 126 g/mol. The van der Waals surface area contributed by atoms with Gasteiger partial charge < -0.3 is 15.0 Å². The van der Waals surface area contributed by atoms with E-state index in [9.17, 15) is 4.79 Å². The molecule has 0 fully saturated rings. The van der Waals surface area contributed by atoms with Crippen LogP contribution in [-0.4, -0.2) is 30.8 Å². The highest BCUT2D eigenvalue weighted by molar-refractivity contribution is 5.52. The maximum atomic E-state index is 9.98. The summed E-state index contributed by atoms with van der Waals surface area (Å²) in [6, 6.07) is 0. The fourth-order valence-electron chi connectivity index (χ4n) is 0.772. The van der Waals surface area contributed by atoms with Crippen molar-refractivity contribution in [1.29, 1.82) is 0 Å². The molecule has 0 atom stereocenters. The SMILES string of the molecule is O=CCN1C=CNCC1. The summed E-state index contributed by atoms with van der Waals surface area (Å²) < 4.78 is 0. The third-order valence-electron chi connectivity index (χ3n) is 1.26. The minimum absolute atomic E-state index is 0.512. The second kappa shape index (κ2) is 3.12. The largest absolute Gasteiger partial charge is 0.388 e. The molecule has 1 rings (SSSR count). The van der Waals surface area contributed by atoms with Crippen LogP contribution in [0.15, 0.2) is 12.4 Å². The van der Waals surface area contributed by atoms with E-state index in [-0.39, 0.29) is 0 Å². The fraction of sp³-hybridized carbons (Fsp3) is 0.500. The summed E-state index contributed by atoms with van der Waals surface area (Å²) in [6.07, 6.45) is 4.65. The predicted octanol–water partition coefficient (Wildman–Crippen LogP) is -0.438. The first-order valence-electron chi connectivity index (χ1n) is 3.01. The van der Waals surface area contributed by atoms with Gasteiger partial charge in [0.15, 0.2) is 0 Å². The third-order valence-corrected chi connectivity index (χ3v) is 1.26. The first-order chi connectivity index (χ1) is 4.43. The Kier molecular flexibility index (Phi) is 2.13. The highest BCUT2D eigenvalue weighted by Crippen LogP contribution is 1.89. The summed E-state index contributed by atoms with van der Waals surface area (Å²) >= 11 is 0. The standard InChI is InChI=1S/C6H10N2O/c9-6-5-8-3-1-7-2-4-8/h1,3,6-7H,2,4-5H2. The Hall–Kier alpha value is -0.990. The molecule has 0 radical (unpaired) electrons. The van der Waals surface area contributed by atoms with E-state index in [1.165, 1.54) is 0 Å². The minimum atomic E-state index is 0.512. The number of aldehydes is 1. The Balaban J connectivity index is 2.31. The van der Waals surface area contributed by atoms with E-state index in [1.54, 1.807) is 0 Å². The molecule has 0 aromatic heterocycles. The molecule has 3 heteroatoms. The van der Waals surface area contributed by atoms with Gasteiger partial charge in [-0.05, 0) is 0 Å². The van der Waals surface area contributed by atoms with E-state index in [4.69, 9.17) is 0 Å². The third kappa shape index (κ3) is 1.76. The van der Waals surface area contributed by atoms with Gasteiger partial charge in [-0.2, -0.15) is 0 Å². The lowest BCUT2D eigenvalue weighted by atomic mass is 10.4. The number of rotatable bonds is 2. The number of nitrogens with zero attached hydrogens (tertiary/aromatic N) is 1. The molecule has 1 heterocycles. The van der Waals surface area contributed by atoms with Crippen molar-refractivity contribution in [3.63, 3.8) is 0 Å². The van der Waals surface area contributed by atoms with Crippen LogP contribution in [0.25, 0.3) is 0 Å². The molecule has 0 amide bonds. The molecule has 3 nitrogen and oxygen atoms in total. The van der Waals surface area contributed by atoms with E-state index in [0.717, 1.165) is 19.4 Å². The van der Waals surface area contributed by atoms with Crippen LogP contribution in [0, 0.1) is 0 Å². The molecule has 9 heavy (non-hydrogen) atoms. The van der Waals surface area contributed by atoms with Crippen molar-refractivity contribution in [1.82, 2.24) is 10.2 Å². The molecule has 0 saturated carbocycles. The van der Waals surface area contributed by atoms with Gasteiger partial charge in [0, 0.05) is 25.5 Å². The van der Waals surface area contributed by atoms with Crippen molar-refractivity contribution < 1.29 is 4.79 Å². The van der Waals surface area contributed by atoms with Gasteiger partial charge in [-0.25, -0.2) is 0 Å². The lowest BCUT2D eigenvalue weighted by molar-refractivity contribution is -0.108. The van der Waals surface area contributed by atoms with Crippen LogP contribution in [-0.2, 0) is 4.79 Å². The monoisotopic (exact) mass is 126 g/mol. The highest BCUT2D eigenvalue weighted by atomic mass is 16.1. The van der Waals surface area contributed by atoms with Crippen LogP contribution < -0.4 is 5.32 Å². The maximum Gasteiger partial charge on any atom is 0.139 e. The summed E-state index contributed by atoms with van der Waals surface area (Å²) in [7, 11) is 0. The van der Waals surface area contributed by atoms with Gasteiger partial charge in [0.05, 0.1) is 6.54 Å². The van der Waals surface area contributed by atoms with E-state index in [2.05, 4.69) is 5.32 Å². The summed E-state index contributed by atoms with van der Waals surface area (Å²) in [5.41, 5.74) is 0. The Morgan fingerprint density at radius 2 is 2.67 bits per heavy atom. The van der Waals surface area contributed by atoms with Gasteiger partial charge in [0.25, 0.3) is 0 Å². The van der Waals surface area contributed by atoms with Crippen molar-refractivity contribution >= 4 is 6.29 Å². The van der Waals surface area contributed by atoms with Gasteiger partial charge in [-0.1, -0.05) is 0 Å². The number of nitrogens with one attached hydrogen (secondary N) is 1. The summed E-state index contributed by atoms with van der Waals surface area (Å²) in [5, 5.41) is 3.03. The maximum absolute atomic E-state index is 9.98. The van der Waals surface area contributed by atoms with Gasteiger partial charge in [-0.15, -0.1) is 0 Å². The van der Waals surface area contributed by atoms with Crippen molar-refractivity contribution in [3.8, 4) is 0 Å². The van der Waals surface area contributed by atoms with E-state index in [0.29, 0.717) is 6.54 Å². The molecular formula is C6H10N2O. The van der Waals surface area contributed by atoms with E-state index >= 15 is 0 Å². The Labute approximate surface area is 54.3 Å². The van der Waals surface area contributed by atoms with Crippen LogP contribution in [0.2, 0.25) is 0 Å². The number of hydrogen-bond acceptors (Lipinski definition) is 3. The first kappa shape index (κ1) is 6.13. The van der Waals surface area contributed by atoms with Crippen molar-refractivity contribution in [3.05, 3.63) is 12.4 Å². The first-order valence-corrected chi connectivity index (χ1v) is 3.01. The number of carbonyl (C=O) groups is 1. The molecule has 0 saturated heterocycles. The highest BCUT2D eigenvalue weighted by Gasteiger charge is 1.99. The van der Waals surface area contributed by atoms with E-state index in [1.807, 2.05) is 17.3 Å². The van der Waals surface area contributed by atoms with Crippen LogP contribution in [0.1, 0.15) is 0 Å². The second-order valence-electron chi connectivity index (χ2n) is 1.93. The zero-order valence-corrected chi connectivity index (χ0v) is 5.21. The molecular weight excluding hydrogens is 116 g/mol. The Bertz CT molecular complexity index is 122. The smallest absolute Gasteiger partial charge is 0.139 e. The van der Waals surface area contributed by atoms with Gasteiger partial charge >= 0.3 is 0 Å². The van der Waals surface area contributed by atoms with Crippen molar-refractivity contribution in [2.75, 3.05) is 19.6 Å². The second-order valence-corrected chi connectivity index (χ2v) is 1.93. The van der Waals surface area contributed by atoms with Crippen LogP contribution in [0.4, 0.5) is 0 Å². The van der Waals surface area contributed by atoms with E-state index < -0.39 is 0 Å². The fourth-order valence-corrected chi connectivity index (χ4v) is 0.772. The molecule has 0 aromatic rings. The van der Waals surface area contributed by atoms with Gasteiger partial charge in [0.2, 0.25) is 0 Å². The predicted molar refractivity (Wildman–Crippen MR) is 34.8 cm³/mol. The molecule has 1 N–H and O–H groups in total. The lowest BCUT2D eigenvalue weighted by Gasteiger charge is -2.20. The Morgan fingerprint density at radius 1 is 1.78 bits per heavy atom. The van der Waals surface area contributed by atoms with Crippen LogP contribution in [0.5, 0.6) is 0 Å². The van der Waals surface area contributed by atoms with Crippen LogP contribution >= 0.6 is 0 Å².